The van der Waals surface area contributed by atoms with Crippen molar-refractivity contribution in [1.82, 2.24) is 15.2 Å². The lowest BCUT2D eigenvalue weighted by Crippen LogP contribution is -2.41. The van der Waals surface area contributed by atoms with Crippen LogP contribution >= 0.6 is 0 Å². The predicted octanol–water partition coefficient (Wildman–Crippen LogP) is 2.37. The molecule has 2 heterocycles. The molecule has 1 unspecified atom stereocenters. The lowest BCUT2D eigenvalue weighted by molar-refractivity contribution is 0.0705. The van der Waals surface area contributed by atoms with Crippen LogP contribution in [-0.4, -0.2) is 41.5 Å². The zero-order valence-corrected chi connectivity index (χ0v) is 12.6. The summed E-state index contributed by atoms with van der Waals surface area (Å²) >= 11 is 0. The monoisotopic (exact) mass is 283 g/mol. The van der Waals surface area contributed by atoms with E-state index in [4.69, 9.17) is 0 Å². The van der Waals surface area contributed by atoms with Gasteiger partial charge in [0.25, 0.3) is 5.91 Å². The molecular formula is C17H21N3O. The SMILES string of the molecule is CCN(C(=O)c1cc(C)nc2ccccc12)C1CCNC1. The largest absolute Gasteiger partial charge is 0.335 e. The molecule has 1 aliphatic rings. The number of pyridine rings is 1. The van der Waals surface area contributed by atoms with Crippen LogP contribution in [0, 0.1) is 6.92 Å². The van der Waals surface area contributed by atoms with E-state index in [1.54, 1.807) is 0 Å². The molecule has 4 heteroatoms. The Kier molecular flexibility index (Phi) is 3.88. The smallest absolute Gasteiger partial charge is 0.254 e. The van der Waals surface area contributed by atoms with Crippen molar-refractivity contribution in [3.8, 4) is 0 Å². The van der Waals surface area contributed by atoms with Crippen molar-refractivity contribution < 1.29 is 4.79 Å². The Bertz CT molecular complexity index is 662. The van der Waals surface area contributed by atoms with Crippen LogP contribution in [-0.2, 0) is 0 Å². The van der Waals surface area contributed by atoms with Crippen molar-refractivity contribution >= 4 is 16.8 Å². The maximum absolute atomic E-state index is 13.0. The van der Waals surface area contributed by atoms with Crippen LogP contribution in [0.1, 0.15) is 29.4 Å². The molecule has 21 heavy (non-hydrogen) atoms. The van der Waals surface area contributed by atoms with Crippen LogP contribution in [0.2, 0.25) is 0 Å². The van der Waals surface area contributed by atoms with Gasteiger partial charge in [0.05, 0.1) is 11.1 Å². The number of aryl methyl sites for hydroxylation is 1. The molecule has 1 N–H and O–H groups in total. The van der Waals surface area contributed by atoms with E-state index in [1.165, 1.54) is 0 Å². The first kappa shape index (κ1) is 14.0. The van der Waals surface area contributed by atoms with Crippen molar-refractivity contribution in [2.75, 3.05) is 19.6 Å². The van der Waals surface area contributed by atoms with E-state index < -0.39 is 0 Å². The van der Waals surface area contributed by atoms with Crippen molar-refractivity contribution in [2.45, 2.75) is 26.3 Å². The number of carbonyl (C=O) groups is 1. The molecule has 3 rings (SSSR count). The number of aromatic nitrogens is 1. The molecule has 1 aromatic carbocycles. The summed E-state index contributed by atoms with van der Waals surface area (Å²) in [5.74, 6) is 0.118. The minimum Gasteiger partial charge on any atom is -0.335 e. The number of benzene rings is 1. The standard InChI is InChI=1S/C17H21N3O/c1-3-20(13-8-9-18-11-13)17(21)15-10-12(2)19-16-7-5-4-6-14(15)16/h4-7,10,13,18H,3,8-9,11H2,1-2H3. The highest BCUT2D eigenvalue weighted by Gasteiger charge is 2.27. The Labute approximate surface area is 125 Å². The number of amides is 1. The van der Waals surface area contributed by atoms with Crippen molar-refractivity contribution in [1.29, 1.82) is 0 Å². The van der Waals surface area contributed by atoms with Gasteiger partial charge in [0.2, 0.25) is 0 Å². The van der Waals surface area contributed by atoms with E-state index in [-0.39, 0.29) is 5.91 Å². The fourth-order valence-corrected chi connectivity index (χ4v) is 3.11. The molecule has 2 aromatic rings. The number of para-hydroxylation sites is 1. The van der Waals surface area contributed by atoms with Gasteiger partial charge in [-0.1, -0.05) is 18.2 Å². The highest BCUT2D eigenvalue weighted by Crippen LogP contribution is 2.21. The number of carbonyl (C=O) groups excluding carboxylic acids is 1. The van der Waals surface area contributed by atoms with Crippen LogP contribution in [0.25, 0.3) is 10.9 Å². The number of rotatable bonds is 3. The Morgan fingerprint density at radius 1 is 1.43 bits per heavy atom. The summed E-state index contributed by atoms with van der Waals surface area (Å²) in [5.41, 5.74) is 2.55. The van der Waals surface area contributed by atoms with Crippen LogP contribution in [0.15, 0.2) is 30.3 Å². The van der Waals surface area contributed by atoms with Gasteiger partial charge in [-0.25, -0.2) is 0 Å². The molecule has 0 spiro atoms. The van der Waals surface area contributed by atoms with Gasteiger partial charge in [0.1, 0.15) is 0 Å². The normalized spacial score (nSPS) is 18.1. The number of hydrogen-bond acceptors (Lipinski definition) is 3. The molecule has 0 bridgehead atoms. The second kappa shape index (κ2) is 5.82. The zero-order valence-electron chi connectivity index (χ0n) is 12.6. The van der Waals surface area contributed by atoms with E-state index in [1.807, 2.05) is 49.1 Å². The fraction of sp³-hybridized carbons (Fsp3) is 0.412. The van der Waals surface area contributed by atoms with E-state index in [0.717, 1.165) is 48.2 Å². The van der Waals surface area contributed by atoms with Crippen molar-refractivity contribution in [2.24, 2.45) is 0 Å². The summed E-state index contributed by atoms with van der Waals surface area (Å²) in [6.07, 6.45) is 1.03. The molecule has 4 nitrogen and oxygen atoms in total. The van der Waals surface area contributed by atoms with Gasteiger partial charge in [-0.3, -0.25) is 9.78 Å². The van der Waals surface area contributed by atoms with E-state index in [9.17, 15) is 4.79 Å². The number of nitrogens with zero attached hydrogens (tertiary/aromatic N) is 2. The summed E-state index contributed by atoms with van der Waals surface area (Å²) in [7, 11) is 0. The topological polar surface area (TPSA) is 45.2 Å². The number of hydrogen-bond donors (Lipinski definition) is 1. The summed E-state index contributed by atoms with van der Waals surface area (Å²) in [5, 5.41) is 4.28. The van der Waals surface area contributed by atoms with Gasteiger partial charge in [0.15, 0.2) is 0 Å². The summed E-state index contributed by atoms with van der Waals surface area (Å²) in [4.78, 5) is 19.5. The van der Waals surface area contributed by atoms with Crippen molar-refractivity contribution in [3.05, 3.63) is 41.6 Å². The van der Waals surface area contributed by atoms with Gasteiger partial charge >= 0.3 is 0 Å². The molecule has 1 fully saturated rings. The minimum absolute atomic E-state index is 0.118. The highest BCUT2D eigenvalue weighted by molar-refractivity contribution is 6.06. The molecular weight excluding hydrogens is 262 g/mol. The second-order valence-electron chi connectivity index (χ2n) is 5.57. The maximum atomic E-state index is 13.0. The van der Waals surface area contributed by atoms with Gasteiger partial charge in [-0.05, 0) is 38.9 Å². The Hall–Kier alpha value is -1.94. The third-order valence-electron chi connectivity index (χ3n) is 4.15. The van der Waals surface area contributed by atoms with Crippen LogP contribution in [0.5, 0.6) is 0 Å². The minimum atomic E-state index is 0.118. The lowest BCUT2D eigenvalue weighted by Gasteiger charge is -2.27. The van der Waals surface area contributed by atoms with Gasteiger partial charge in [-0.2, -0.15) is 0 Å². The first-order valence-electron chi connectivity index (χ1n) is 7.58. The lowest BCUT2D eigenvalue weighted by atomic mass is 10.1. The molecule has 1 aliphatic heterocycles. The van der Waals surface area contributed by atoms with E-state index >= 15 is 0 Å². The van der Waals surface area contributed by atoms with Gasteiger partial charge < -0.3 is 10.2 Å². The maximum Gasteiger partial charge on any atom is 0.254 e. The first-order chi connectivity index (χ1) is 10.2. The number of nitrogens with one attached hydrogen (secondary N) is 1. The average Bonchev–Trinajstić information content (AvgIpc) is 3.01. The highest BCUT2D eigenvalue weighted by atomic mass is 16.2. The Balaban J connectivity index is 2.03. The Morgan fingerprint density at radius 3 is 2.95 bits per heavy atom. The number of fused-ring (bicyclic) bond motifs is 1. The molecule has 1 amide bonds. The van der Waals surface area contributed by atoms with E-state index in [0.29, 0.717) is 6.04 Å². The first-order valence-corrected chi connectivity index (χ1v) is 7.58. The van der Waals surface area contributed by atoms with Crippen molar-refractivity contribution in [3.63, 3.8) is 0 Å². The quantitative estimate of drug-likeness (QED) is 0.940. The molecule has 1 atom stereocenters. The van der Waals surface area contributed by atoms with Crippen LogP contribution in [0.4, 0.5) is 0 Å². The van der Waals surface area contributed by atoms with E-state index in [2.05, 4.69) is 10.3 Å². The third kappa shape index (κ3) is 2.63. The molecule has 1 saturated heterocycles. The average molecular weight is 283 g/mol. The fourth-order valence-electron chi connectivity index (χ4n) is 3.11. The second-order valence-corrected chi connectivity index (χ2v) is 5.57. The predicted molar refractivity (Wildman–Crippen MR) is 84.5 cm³/mol. The summed E-state index contributed by atoms with van der Waals surface area (Å²) in [6.45, 7) is 6.61. The molecule has 110 valence electrons. The number of likely N-dealkylation sites (N-methyl/N-ethyl adjacent to an activating group) is 1. The van der Waals surface area contributed by atoms with Gasteiger partial charge in [-0.15, -0.1) is 0 Å². The zero-order chi connectivity index (χ0) is 14.8. The molecule has 0 aliphatic carbocycles. The summed E-state index contributed by atoms with van der Waals surface area (Å²) < 4.78 is 0. The summed E-state index contributed by atoms with van der Waals surface area (Å²) in [6, 6.07) is 10.1. The third-order valence-corrected chi connectivity index (χ3v) is 4.15. The van der Waals surface area contributed by atoms with Crippen LogP contribution < -0.4 is 5.32 Å². The molecule has 0 saturated carbocycles. The Morgan fingerprint density at radius 2 is 2.24 bits per heavy atom. The van der Waals surface area contributed by atoms with Gasteiger partial charge in [0, 0.05) is 30.2 Å². The molecule has 0 radical (unpaired) electrons. The van der Waals surface area contributed by atoms with Crippen LogP contribution in [0.3, 0.4) is 0 Å². The molecule has 1 aromatic heterocycles.